The maximum Gasteiger partial charge on any atom is 0.244 e. The maximum atomic E-state index is 11.1. The van der Waals surface area contributed by atoms with E-state index in [1.54, 1.807) is 18.5 Å². The molecule has 0 aliphatic carbocycles. The Labute approximate surface area is 82.8 Å². The van der Waals surface area contributed by atoms with Gasteiger partial charge in [-0.1, -0.05) is 6.07 Å². The second kappa shape index (κ2) is 5.88. The molecule has 0 saturated carbocycles. The highest BCUT2D eigenvalue weighted by molar-refractivity contribution is 5.91. The lowest BCUT2D eigenvalue weighted by molar-refractivity contribution is -0.116. The Hall–Kier alpha value is -1.68. The summed E-state index contributed by atoms with van der Waals surface area (Å²) in [6.07, 6.45) is 6.55. The van der Waals surface area contributed by atoms with Crippen molar-refractivity contribution in [3.8, 4) is 0 Å². The van der Waals surface area contributed by atoms with Crippen molar-refractivity contribution < 1.29 is 4.79 Å². The van der Waals surface area contributed by atoms with Crippen LogP contribution in [0.5, 0.6) is 0 Å². The normalized spacial score (nSPS) is 10.4. The van der Waals surface area contributed by atoms with Crippen molar-refractivity contribution in [3.05, 3.63) is 36.2 Å². The van der Waals surface area contributed by atoms with E-state index in [4.69, 9.17) is 5.73 Å². The van der Waals surface area contributed by atoms with Crippen LogP contribution in [0, 0.1) is 0 Å². The lowest BCUT2D eigenvalue weighted by atomic mass is 10.2. The summed E-state index contributed by atoms with van der Waals surface area (Å²) in [7, 11) is 0. The highest BCUT2D eigenvalue weighted by Gasteiger charge is 1.92. The quantitative estimate of drug-likeness (QED) is 0.666. The second-order valence-electron chi connectivity index (χ2n) is 2.70. The summed E-state index contributed by atoms with van der Waals surface area (Å²) >= 11 is 0. The first-order valence-electron chi connectivity index (χ1n) is 4.39. The third kappa shape index (κ3) is 3.82. The topological polar surface area (TPSA) is 68.0 Å². The molecule has 1 rings (SSSR count). The van der Waals surface area contributed by atoms with Gasteiger partial charge in [0, 0.05) is 31.6 Å². The number of nitrogens with zero attached hydrogens (tertiary/aromatic N) is 1. The molecule has 0 aliphatic rings. The van der Waals surface area contributed by atoms with Gasteiger partial charge in [0.2, 0.25) is 5.91 Å². The molecule has 0 spiro atoms. The van der Waals surface area contributed by atoms with Crippen LogP contribution in [0.15, 0.2) is 30.6 Å². The molecular weight excluding hydrogens is 178 g/mol. The Morgan fingerprint density at radius 3 is 3.14 bits per heavy atom. The zero-order valence-electron chi connectivity index (χ0n) is 7.81. The molecule has 4 heteroatoms. The number of aromatic nitrogens is 1. The van der Waals surface area contributed by atoms with Crippen molar-refractivity contribution in [2.24, 2.45) is 5.73 Å². The largest absolute Gasteiger partial charge is 0.351 e. The maximum absolute atomic E-state index is 11.1. The second-order valence-corrected chi connectivity index (χ2v) is 2.70. The van der Waals surface area contributed by atoms with Gasteiger partial charge in [-0.2, -0.15) is 0 Å². The molecule has 14 heavy (non-hydrogen) atoms. The van der Waals surface area contributed by atoms with Gasteiger partial charge >= 0.3 is 0 Å². The van der Waals surface area contributed by atoms with Gasteiger partial charge in [0.1, 0.15) is 0 Å². The van der Waals surface area contributed by atoms with E-state index in [1.165, 1.54) is 6.08 Å². The summed E-state index contributed by atoms with van der Waals surface area (Å²) < 4.78 is 0. The van der Waals surface area contributed by atoms with Gasteiger partial charge in [0.05, 0.1) is 0 Å². The summed E-state index contributed by atoms with van der Waals surface area (Å²) in [5, 5.41) is 2.63. The summed E-state index contributed by atoms with van der Waals surface area (Å²) in [6.45, 7) is 0.947. The van der Waals surface area contributed by atoms with Crippen LogP contribution < -0.4 is 11.1 Å². The van der Waals surface area contributed by atoms with Crippen molar-refractivity contribution in [2.75, 3.05) is 13.1 Å². The molecule has 1 amide bonds. The summed E-state index contributed by atoms with van der Waals surface area (Å²) in [6, 6.07) is 3.69. The molecule has 0 aliphatic heterocycles. The molecule has 0 fully saturated rings. The van der Waals surface area contributed by atoms with Crippen molar-refractivity contribution >= 4 is 12.0 Å². The Balaban J connectivity index is 2.44. The fourth-order valence-electron chi connectivity index (χ4n) is 0.901. The minimum atomic E-state index is -0.140. The van der Waals surface area contributed by atoms with Gasteiger partial charge < -0.3 is 11.1 Å². The van der Waals surface area contributed by atoms with E-state index in [9.17, 15) is 4.79 Å². The van der Waals surface area contributed by atoms with Gasteiger partial charge in [-0.3, -0.25) is 9.78 Å². The van der Waals surface area contributed by atoms with Gasteiger partial charge in [-0.15, -0.1) is 0 Å². The van der Waals surface area contributed by atoms with Crippen molar-refractivity contribution in [1.82, 2.24) is 10.3 Å². The SMILES string of the molecule is NCCNC(=O)C=Cc1cccnc1. The molecule has 1 aromatic rings. The number of amides is 1. The number of pyridine rings is 1. The van der Waals surface area contributed by atoms with Gasteiger partial charge in [0.25, 0.3) is 0 Å². The average Bonchev–Trinajstić information content (AvgIpc) is 2.25. The van der Waals surface area contributed by atoms with Crippen LogP contribution in [-0.2, 0) is 4.79 Å². The first-order valence-corrected chi connectivity index (χ1v) is 4.39. The Bertz CT molecular complexity index is 308. The van der Waals surface area contributed by atoms with E-state index in [0.29, 0.717) is 13.1 Å². The smallest absolute Gasteiger partial charge is 0.244 e. The van der Waals surface area contributed by atoms with Crippen LogP contribution >= 0.6 is 0 Å². The van der Waals surface area contributed by atoms with Crippen LogP contribution in [0.3, 0.4) is 0 Å². The van der Waals surface area contributed by atoms with Crippen LogP contribution in [0.25, 0.3) is 6.08 Å². The fourth-order valence-corrected chi connectivity index (χ4v) is 0.901. The van der Waals surface area contributed by atoms with E-state index in [0.717, 1.165) is 5.56 Å². The number of hydrogen-bond acceptors (Lipinski definition) is 3. The molecule has 0 radical (unpaired) electrons. The number of carbonyl (C=O) groups is 1. The predicted octanol–water partition coefficient (Wildman–Crippen LogP) is 0.170. The molecule has 1 heterocycles. The molecule has 3 N–H and O–H groups in total. The Kier molecular flexibility index (Phi) is 4.37. The van der Waals surface area contributed by atoms with Crippen molar-refractivity contribution in [2.45, 2.75) is 0 Å². The summed E-state index contributed by atoms with van der Waals surface area (Å²) in [4.78, 5) is 15.0. The highest BCUT2D eigenvalue weighted by atomic mass is 16.1. The molecule has 0 saturated heterocycles. The monoisotopic (exact) mass is 191 g/mol. The van der Waals surface area contributed by atoms with Crippen molar-refractivity contribution in [1.29, 1.82) is 0 Å². The van der Waals surface area contributed by atoms with Gasteiger partial charge in [-0.25, -0.2) is 0 Å². The lowest BCUT2D eigenvalue weighted by Gasteiger charge is -1.97. The van der Waals surface area contributed by atoms with E-state index in [2.05, 4.69) is 10.3 Å². The number of nitrogens with one attached hydrogen (secondary N) is 1. The van der Waals surface area contributed by atoms with E-state index >= 15 is 0 Å². The molecule has 1 aromatic heterocycles. The molecule has 74 valence electrons. The van der Waals surface area contributed by atoms with E-state index < -0.39 is 0 Å². The number of nitrogens with two attached hydrogens (primary N) is 1. The molecule has 0 atom stereocenters. The number of carbonyl (C=O) groups excluding carboxylic acids is 1. The third-order valence-electron chi connectivity index (χ3n) is 1.56. The fraction of sp³-hybridized carbons (Fsp3) is 0.200. The van der Waals surface area contributed by atoms with Crippen molar-refractivity contribution in [3.63, 3.8) is 0 Å². The first kappa shape index (κ1) is 10.4. The molecule has 0 unspecified atom stereocenters. The summed E-state index contributed by atoms with van der Waals surface area (Å²) in [5.74, 6) is -0.140. The highest BCUT2D eigenvalue weighted by Crippen LogP contribution is 1.97. The third-order valence-corrected chi connectivity index (χ3v) is 1.56. The first-order chi connectivity index (χ1) is 6.83. The molecular formula is C10H13N3O. The average molecular weight is 191 g/mol. The van der Waals surface area contributed by atoms with Crippen LogP contribution in [0.4, 0.5) is 0 Å². The van der Waals surface area contributed by atoms with Crippen LogP contribution in [-0.4, -0.2) is 24.0 Å². The minimum Gasteiger partial charge on any atom is -0.351 e. The Morgan fingerprint density at radius 1 is 1.64 bits per heavy atom. The standard InChI is InChI=1S/C10H13N3O/c11-5-7-13-10(14)4-3-9-2-1-6-12-8-9/h1-4,6,8H,5,7,11H2,(H,13,14). The predicted molar refractivity (Wildman–Crippen MR) is 55.3 cm³/mol. The molecule has 0 aromatic carbocycles. The minimum absolute atomic E-state index is 0.140. The Morgan fingerprint density at radius 2 is 2.50 bits per heavy atom. The molecule has 0 bridgehead atoms. The van der Waals surface area contributed by atoms with Gasteiger partial charge in [0.15, 0.2) is 0 Å². The zero-order valence-corrected chi connectivity index (χ0v) is 7.81. The van der Waals surface area contributed by atoms with E-state index in [-0.39, 0.29) is 5.91 Å². The number of hydrogen-bond donors (Lipinski definition) is 2. The zero-order chi connectivity index (χ0) is 10.2. The van der Waals surface area contributed by atoms with Crippen LogP contribution in [0.2, 0.25) is 0 Å². The van der Waals surface area contributed by atoms with Crippen LogP contribution in [0.1, 0.15) is 5.56 Å². The number of rotatable bonds is 4. The van der Waals surface area contributed by atoms with Gasteiger partial charge in [-0.05, 0) is 17.7 Å². The van der Waals surface area contributed by atoms with E-state index in [1.807, 2.05) is 12.1 Å². The lowest BCUT2D eigenvalue weighted by Crippen LogP contribution is -2.27. The summed E-state index contributed by atoms with van der Waals surface area (Å²) in [5.41, 5.74) is 6.13. The molecule has 4 nitrogen and oxygen atoms in total.